The Labute approximate surface area is 186 Å². The van der Waals surface area contributed by atoms with Gasteiger partial charge in [-0.15, -0.1) is 0 Å². The third-order valence-corrected chi connectivity index (χ3v) is 5.59. The van der Waals surface area contributed by atoms with Crippen LogP contribution in [0.15, 0.2) is 30.3 Å². The summed E-state index contributed by atoms with van der Waals surface area (Å²) in [6.07, 6.45) is 2.28. The normalized spacial score (nSPS) is 22.2. The standard InChI is InChI=1S/C24H38N2O5/c1-24(2,3)31-23(27)26-13-11-25(12-14-26)15-16-28-17-18-29-21-9-10-22(21)30-19-20-7-5-4-6-8-20/h4-8,21-22H,9-19H2,1-3H3/t21-,22?/m1/s1. The number of amides is 1. The largest absolute Gasteiger partial charge is 0.444 e. The molecule has 1 aliphatic heterocycles. The maximum Gasteiger partial charge on any atom is 0.410 e. The summed E-state index contributed by atoms with van der Waals surface area (Å²) in [6.45, 7) is 12.2. The summed E-state index contributed by atoms with van der Waals surface area (Å²) in [5.74, 6) is 0. The molecule has 0 N–H and O–H groups in total. The number of benzene rings is 1. The third-order valence-electron chi connectivity index (χ3n) is 5.59. The average Bonchev–Trinajstić information content (AvgIpc) is 2.72. The lowest BCUT2D eigenvalue weighted by Gasteiger charge is -2.36. The van der Waals surface area contributed by atoms with Crippen LogP contribution in [0.3, 0.4) is 0 Å². The van der Waals surface area contributed by atoms with E-state index >= 15 is 0 Å². The number of hydrogen-bond donors (Lipinski definition) is 0. The van der Waals surface area contributed by atoms with Crippen LogP contribution in [-0.4, -0.2) is 86.2 Å². The summed E-state index contributed by atoms with van der Waals surface area (Å²) in [7, 11) is 0. The number of carbonyl (C=O) groups excluding carboxylic acids is 1. The number of hydrogen-bond acceptors (Lipinski definition) is 6. The summed E-state index contributed by atoms with van der Waals surface area (Å²) < 4.78 is 23.1. The van der Waals surface area contributed by atoms with Gasteiger partial charge >= 0.3 is 6.09 Å². The molecule has 0 radical (unpaired) electrons. The zero-order valence-electron chi connectivity index (χ0n) is 19.3. The van der Waals surface area contributed by atoms with Crippen LogP contribution in [0.4, 0.5) is 4.79 Å². The van der Waals surface area contributed by atoms with E-state index in [1.165, 1.54) is 5.56 Å². The van der Waals surface area contributed by atoms with Gasteiger partial charge < -0.3 is 23.8 Å². The summed E-state index contributed by atoms with van der Waals surface area (Å²) in [6, 6.07) is 10.2. The van der Waals surface area contributed by atoms with Gasteiger partial charge in [-0.2, -0.15) is 0 Å². The molecule has 2 aliphatic rings. The van der Waals surface area contributed by atoms with Crippen molar-refractivity contribution in [1.29, 1.82) is 0 Å². The van der Waals surface area contributed by atoms with E-state index in [0.29, 0.717) is 39.5 Å². The van der Waals surface area contributed by atoms with Crippen molar-refractivity contribution >= 4 is 6.09 Å². The molecular formula is C24H38N2O5. The first-order chi connectivity index (χ1) is 14.9. The van der Waals surface area contributed by atoms with Crippen LogP contribution in [-0.2, 0) is 25.6 Å². The average molecular weight is 435 g/mol. The molecule has 174 valence electrons. The molecule has 1 aromatic carbocycles. The highest BCUT2D eigenvalue weighted by atomic mass is 16.6. The molecule has 0 aromatic heterocycles. The zero-order chi connectivity index (χ0) is 22.1. The minimum Gasteiger partial charge on any atom is -0.444 e. The van der Waals surface area contributed by atoms with Crippen LogP contribution >= 0.6 is 0 Å². The molecule has 1 aromatic rings. The van der Waals surface area contributed by atoms with E-state index in [1.54, 1.807) is 4.90 Å². The van der Waals surface area contributed by atoms with Gasteiger partial charge in [-0.1, -0.05) is 30.3 Å². The van der Waals surface area contributed by atoms with Crippen molar-refractivity contribution in [1.82, 2.24) is 9.80 Å². The van der Waals surface area contributed by atoms with Crippen LogP contribution in [0, 0.1) is 0 Å². The Hall–Kier alpha value is -1.67. The number of ether oxygens (including phenoxy) is 4. The van der Waals surface area contributed by atoms with Crippen molar-refractivity contribution in [3.8, 4) is 0 Å². The smallest absolute Gasteiger partial charge is 0.410 e. The molecule has 7 nitrogen and oxygen atoms in total. The van der Waals surface area contributed by atoms with E-state index in [-0.39, 0.29) is 18.3 Å². The van der Waals surface area contributed by atoms with Crippen LogP contribution in [0.2, 0.25) is 0 Å². The molecule has 3 rings (SSSR count). The molecule has 1 saturated carbocycles. The topological polar surface area (TPSA) is 60.5 Å². The minimum absolute atomic E-state index is 0.188. The molecule has 31 heavy (non-hydrogen) atoms. The predicted molar refractivity (Wildman–Crippen MR) is 119 cm³/mol. The first-order valence-electron chi connectivity index (χ1n) is 11.5. The maximum atomic E-state index is 12.1. The monoisotopic (exact) mass is 434 g/mol. The fraction of sp³-hybridized carbons (Fsp3) is 0.708. The SMILES string of the molecule is CC(C)(C)OC(=O)N1CCN(CCOCCO[C@@H]2CCC2OCc2ccccc2)CC1. The summed E-state index contributed by atoms with van der Waals surface area (Å²) >= 11 is 0. The quantitative estimate of drug-likeness (QED) is 0.527. The van der Waals surface area contributed by atoms with E-state index in [1.807, 2.05) is 39.0 Å². The second-order valence-electron chi connectivity index (χ2n) is 9.24. The van der Waals surface area contributed by atoms with E-state index in [4.69, 9.17) is 18.9 Å². The van der Waals surface area contributed by atoms with Crippen LogP contribution in [0.5, 0.6) is 0 Å². The van der Waals surface area contributed by atoms with E-state index < -0.39 is 5.60 Å². The second kappa shape index (κ2) is 11.8. The first kappa shape index (κ1) is 24.0. The molecule has 1 amide bonds. The van der Waals surface area contributed by atoms with Gasteiger partial charge in [0.25, 0.3) is 0 Å². The zero-order valence-corrected chi connectivity index (χ0v) is 19.3. The number of carbonyl (C=O) groups is 1. The molecule has 0 spiro atoms. The lowest BCUT2D eigenvalue weighted by molar-refractivity contribution is -0.140. The third kappa shape index (κ3) is 8.41. The molecule has 1 aliphatic carbocycles. The van der Waals surface area contributed by atoms with Crippen LogP contribution in [0.25, 0.3) is 0 Å². The van der Waals surface area contributed by atoms with Crippen molar-refractivity contribution in [2.75, 3.05) is 52.5 Å². The van der Waals surface area contributed by atoms with Gasteiger partial charge in [-0.3, -0.25) is 4.90 Å². The molecule has 1 unspecified atom stereocenters. The number of nitrogens with zero attached hydrogens (tertiary/aromatic N) is 2. The van der Waals surface area contributed by atoms with Gasteiger partial charge in [0.05, 0.1) is 38.6 Å². The lowest BCUT2D eigenvalue weighted by Crippen LogP contribution is -2.50. The first-order valence-corrected chi connectivity index (χ1v) is 11.5. The van der Waals surface area contributed by atoms with E-state index in [2.05, 4.69) is 17.0 Å². The van der Waals surface area contributed by atoms with Gasteiger partial charge in [-0.25, -0.2) is 4.79 Å². The Balaban J connectivity index is 1.18. The summed E-state index contributed by atoms with van der Waals surface area (Å²) in [5.41, 5.74) is 0.751. The Morgan fingerprint density at radius 1 is 0.935 bits per heavy atom. The van der Waals surface area contributed by atoms with Crippen LogP contribution < -0.4 is 0 Å². The van der Waals surface area contributed by atoms with Crippen molar-refractivity contribution in [2.45, 2.75) is 58.0 Å². The van der Waals surface area contributed by atoms with Crippen molar-refractivity contribution in [3.05, 3.63) is 35.9 Å². The molecule has 2 fully saturated rings. The van der Waals surface area contributed by atoms with E-state index in [0.717, 1.165) is 32.5 Å². The number of piperazine rings is 1. The summed E-state index contributed by atoms with van der Waals surface area (Å²) in [4.78, 5) is 16.2. The molecule has 7 heteroatoms. The molecule has 2 atom stereocenters. The predicted octanol–water partition coefficient (Wildman–Crippen LogP) is 3.32. The highest BCUT2D eigenvalue weighted by Gasteiger charge is 2.32. The van der Waals surface area contributed by atoms with E-state index in [9.17, 15) is 4.79 Å². The second-order valence-corrected chi connectivity index (χ2v) is 9.24. The van der Waals surface area contributed by atoms with Gasteiger partial charge in [0.15, 0.2) is 0 Å². The number of rotatable bonds is 10. The van der Waals surface area contributed by atoms with Gasteiger partial charge in [0.2, 0.25) is 0 Å². The van der Waals surface area contributed by atoms with Gasteiger partial charge in [0.1, 0.15) is 5.60 Å². The Morgan fingerprint density at radius 3 is 2.26 bits per heavy atom. The van der Waals surface area contributed by atoms with Crippen molar-refractivity contribution in [3.63, 3.8) is 0 Å². The van der Waals surface area contributed by atoms with Crippen LogP contribution in [0.1, 0.15) is 39.2 Å². The Kier molecular flexibility index (Phi) is 9.14. The highest BCUT2D eigenvalue weighted by molar-refractivity contribution is 5.68. The molecular weight excluding hydrogens is 396 g/mol. The van der Waals surface area contributed by atoms with Gasteiger partial charge in [-0.05, 0) is 39.2 Å². The minimum atomic E-state index is -0.447. The van der Waals surface area contributed by atoms with Gasteiger partial charge in [0, 0.05) is 32.7 Å². The fourth-order valence-corrected chi connectivity index (χ4v) is 3.63. The maximum absolute atomic E-state index is 12.1. The fourth-order valence-electron chi connectivity index (χ4n) is 3.63. The lowest BCUT2D eigenvalue weighted by atomic mass is 9.92. The molecule has 1 heterocycles. The Bertz CT molecular complexity index is 656. The van der Waals surface area contributed by atoms with Crippen molar-refractivity contribution < 1.29 is 23.7 Å². The summed E-state index contributed by atoms with van der Waals surface area (Å²) in [5, 5.41) is 0. The van der Waals surface area contributed by atoms with Crippen molar-refractivity contribution in [2.24, 2.45) is 0 Å². The molecule has 0 bridgehead atoms. The molecule has 1 saturated heterocycles. The highest BCUT2D eigenvalue weighted by Crippen LogP contribution is 2.27. The Morgan fingerprint density at radius 2 is 1.61 bits per heavy atom.